The maximum atomic E-state index is 6.21. The van der Waals surface area contributed by atoms with E-state index < -0.39 is 0 Å². The molecule has 3 aromatic carbocycles. The number of hydrogen-bond donors (Lipinski definition) is 1. The van der Waals surface area contributed by atoms with Crippen molar-refractivity contribution in [1.82, 2.24) is 5.43 Å². The van der Waals surface area contributed by atoms with Crippen molar-refractivity contribution in [2.75, 3.05) is 0 Å². The normalized spacial score (nSPS) is 11.1. The van der Waals surface area contributed by atoms with Crippen LogP contribution >= 0.6 is 78.3 Å². The fourth-order valence-corrected chi connectivity index (χ4v) is 4.97. The van der Waals surface area contributed by atoms with Gasteiger partial charge in [0, 0.05) is 31.2 Å². The Hall–Kier alpha value is -0.950. The van der Waals surface area contributed by atoms with Gasteiger partial charge < -0.3 is 10.2 Å². The van der Waals surface area contributed by atoms with Gasteiger partial charge in [0.25, 0.3) is 0 Å². The van der Waals surface area contributed by atoms with Gasteiger partial charge in [0.05, 0.1) is 21.7 Å². The van der Waals surface area contributed by atoms with Crippen molar-refractivity contribution in [2.45, 2.75) is 13.2 Å². The maximum absolute atomic E-state index is 6.21. The zero-order valence-electron chi connectivity index (χ0n) is 15.2. The van der Waals surface area contributed by atoms with Crippen molar-refractivity contribution >= 4 is 84.5 Å². The van der Waals surface area contributed by atoms with Crippen LogP contribution in [-0.2, 0) is 13.2 Å². The Morgan fingerprint density at radius 1 is 0.900 bits per heavy atom. The van der Waals surface area contributed by atoms with Gasteiger partial charge in [-0.3, -0.25) is 0 Å². The fourth-order valence-electron chi connectivity index (χ4n) is 2.53. The van der Waals surface area contributed by atoms with Crippen LogP contribution in [0.25, 0.3) is 0 Å². The van der Waals surface area contributed by atoms with Crippen LogP contribution in [0, 0.1) is 0 Å². The minimum Gasteiger partial charge on any atom is -0.486 e. The Bertz CT molecular complexity index is 1050. The van der Waals surface area contributed by atoms with Crippen LogP contribution in [0.4, 0.5) is 0 Å². The van der Waals surface area contributed by atoms with E-state index in [1.165, 1.54) is 0 Å². The molecule has 0 fully saturated rings. The molecule has 30 heavy (non-hydrogen) atoms. The summed E-state index contributed by atoms with van der Waals surface area (Å²) in [5, 5.41) is 6.57. The van der Waals surface area contributed by atoms with Crippen molar-refractivity contribution in [3.8, 4) is 5.75 Å². The molecule has 0 aliphatic carbocycles. The molecular weight excluding hydrogens is 598 g/mol. The quantitative estimate of drug-likeness (QED) is 0.215. The predicted octanol–water partition coefficient (Wildman–Crippen LogP) is 8.53. The maximum Gasteiger partial charge on any atom is 0.148 e. The number of halogens is 6. The molecule has 0 spiro atoms. The van der Waals surface area contributed by atoms with E-state index in [0.29, 0.717) is 39.0 Å². The highest BCUT2D eigenvalue weighted by molar-refractivity contribution is 9.11. The van der Waals surface area contributed by atoms with Crippen LogP contribution in [-0.4, -0.2) is 6.21 Å². The van der Waals surface area contributed by atoms with Gasteiger partial charge in [0.2, 0.25) is 0 Å². The molecular formula is C21H14Br2Cl4N2O. The van der Waals surface area contributed by atoms with E-state index in [0.717, 1.165) is 25.6 Å². The molecule has 0 saturated carbocycles. The third-order valence-electron chi connectivity index (χ3n) is 4.03. The second-order valence-electron chi connectivity index (χ2n) is 6.13. The van der Waals surface area contributed by atoms with Crippen molar-refractivity contribution in [3.63, 3.8) is 0 Å². The average molecular weight is 612 g/mol. The van der Waals surface area contributed by atoms with Gasteiger partial charge in [0.1, 0.15) is 12.4 Å². The first-order chi connectivity index (χ1) is 14.3. The Morgan fingerprint density at radius 2 is 1.57 bits per heavy atom. The summed E-state index contributed by atoms with van der Waals surface area (Å²) in [6, 6.07) is 14.5. The molecule has 9 heteroatoms. The van der Waals surface area contributed by atoms with Crippen molar-refractivity contribution in [1.29, 1.82) is 0 Å². The minimum atomic E-state index is 0.306. The van der Waals surface area contributed by atoms with Crippen molar-refractivity contribution < 1.29 is 4.74 Å². The Labute approximate surface area is 211 Å². The molecule has 0 unspecified atom stereocenters. The highest BCUT2D eigenvalue weighted by Gasteiger charge is 2.10. The summed E-state index contributed by atoms with van der Waals surface area (Å²) >= 11 is 31.5. The fraction of sp³-hybridized carbons (Fsp3) is 0.0952. The summed E-state index contributed by atoms with van der Waals surface area (Å²) in [4.78, 5) is 0. The van der Waals surface area contributed by atoms with Gasteiger partial charge in [-0.1, -0.05) is 58.5 Å². The van der Waals surface area contributed by atoms with Crippen LogP contribution in [0.5, 0.6) is 5.75 Å². The Balaban J connectivity index is 1.64. The second-order valence-corrected chi connectivity index (χ2v) is 9.50. The SMILES string of the molecule is Clc1ccc(COc2c(Br)cc(/C=N\NCc3c(Cl)cccc3Cl)cc2Br)c(Cl)c1. The summed E-state index contributed by atoms with van der Waals surface area (Å²) in [5.74, 6) is 0.661. The number of rotatable bonds is 7. The Morgan fingerprint density at radius 3 is 2.20 bits per heavy atom. The molecule has 0 heterocycles. The average Bonchev–Trinajstić information content (AvgIpc) is 2.68. The first-order valence-corrected chi connectivity index (χ1v) is 11.7. The first-order valence-electron chi connectivity index (χ1n) is 8.59. The van der Waals surface area contributed by atoms with Crippen LogP contribution in [0.15, 0.2) is 62.6 Å². The van der Waals surface area contributed by atoms with Gasteiger partial charge in [-0.05, 0) is 73.8 Å². The molecule has 0 saturated heterocycles. The molecule has 3 rings (SSSR count). The van der Waals surface area contributed by atoms with E-state index in [1.807, 2.05) is 18.2 Å². The van der Waals surface area contributed by atoms with Gasteiger partial charge in [-0.25, -0.2) is 0 Å². The van der Waals surface area contributed by atoms with Gasteiger partial charge in [0.15, 0.2) is 0 Å². The van der Waals surface area contributed by atoms with Crippen molar-refractivity contribution in [3.05, 3.63) is 94.3 Å². The topological polar surface area (TPSA) is 33.6 Å². The molecule has 0 aromatic heterocycles. The highest BCUT2D eigenvalue weighted by atomic mass is 79.9. The molecule has 0 atom stereocenters. The lowest BCUT2D eigenvalue weighted by atomic mass is 10.2. The van der Waals surface area contributed by atoms with Gasteiger partial charge in [-0.15, -0.1) is 0 Å². The molecule has 0 amide bonds. The molecule has 3 aromatic rings. The third kappa shape index (κ3) is 6.28. The van der Waals surface area contributed by atoms with E-state index in [2.05, 4.69) is 42.4 Å². The number of hydrazone groups is 1. The minimum absolute atomic E-state index is 0.306. The molecule has 0 radical (unpaired) electrons. The summed E-state index contributed by atoms with van der Waals surface area (Å²) in [6.07, 6.45) is 1.69. The number of nitrogens with one attached hydrogen (secondary N) is 1. The lowest BCUT2D eigenvalue weighted by Crippen LogP contribution is -2.06. The molecule has 0 bridgehead atoms. The lowest BCUT2D eigenvalue weighted by Gasteiger charge is -2.12. The lowest BCUT2D eigenvalue weighted by molar-refractivity contribution is 0.302. The summed E-state index contributed by atoms with van der Waals surface area (Å²) < 4.78 is 7.48. The van der Waals surface area contributed by atoms with Crippen LogP contribution in [0.3, 0.4) is 0 Å². The molecule has 156 valence electrons. The standard InChI is InChI=1S/C21H14Br2Cl4N2O/c22-16-6-12(9-28-29-10-15-18(25)2-1-3-19(15)26)7-17(23)21(16)30-11-13-4-5-14(24)8-20(13)27/h1-9,29H,10-11H2/b28-9-. The zero-order chi connectivity index (χ0) is 21.7. The number of hydrogen-bond acceptors (Lipinski definition) is 3. The summed E-state index contributed by atoms with van der Waals surface area (Å²) in [5.41, 5.74) is 5.46. The van der Waals surface area contributed by atoms with E-state index in [4.69, 9.17) is 51.1 Å². The molecule has 1 N–H and O–H groups in total. The monoisotopic (exact) mass is 608 g/mol. The second kappa shape index (κ2) is 11.1. The number of nitrogens with zero attached hydrogens (tertiary/aromatic N) is 1. The van der Waals surface area contributed by atoms with E-state index in [9.17, 15) is 0 Å². The molecule has 3 nitrogen and oxygen atoms in total. The van der Waals surface area contributed by atoms with E-state index >= 15 is 0 Å². The number of ether oxygens (including phenoxy) is 1. The molecule has 0 aliphatic heterocycles. The third-order valence-corrected chi connectivity index (χ3v) is 6.50. The highest BCUT2D eigenvalue weighted by Crippen LogP contribution is 2.35. The summed E-state index contributed by atoms with van der Waals surface area (Å²) in [7, 11) is 0. The largest absolute Gasteiger partial charge is 0.486 e. The van der Waals surface area contributed by atoms with E-state index in [-0.39, 0.29) is 0 Å². The predicted molar refractivity (Wildman–Crippen MR) is 134 cm³/mol. The van der Waals surface area contributed by atoms with Crippen LogP contribution in [0.2, 0.25) is 20.1 Å². The number of benzene rings is 3. The van der Waals surface area contributed by atoms with Crippen LogP contribution < -0.4 is 10.2 Å². The van der Waals surface area contributed by atoms with E-state index in [1.54, 1.807) is 36.5 Å². The van der Waals surface area contributed by atoms with Crippen molar-refractivity contribution in [2.24, 2.45) is 5.10 Å². The molecule has 0 aliphatic rings. The Kier molecular flexibility index (Phi) is 8.75. The van der Waals surface area contributed by atoms with Gasteiger partial charge in [-0.2, -0.15) is 5.10 Å². The first kappa shape index (κ1) is 23.7. The summed E-state index contributed by atoms with van der Waals surface area (Å²) in [6.45, 7) is 0.723. The van der Waals surface area contributed by atoms with Gasteiger partial charge >= 0.3 is 0 Å². The van der Waals surface area contributed by atoms with Crippen LogP contribution in [0.1, 0.15) is 16.7 Å². The smallest absolute Gasteiger partial charge is 0.148 e. The zero-order valence-corrected chi connectivity index (χ0v) is 21.4.